The highest BCUT2D eigenvalue weighted by Crippen LogP contribution is 2.24. The van der Waals surface area contributed by atoms with E-state index in [1.807, 2.05) is 31.4 Å². The van der Waals surface area contributed by atoms with Crippen molar-refractivity contribution in [1.82, 2.24) is 14.8 Å². The molecule has 98 valence electrons. The van der Waals surface area contributed by atoms with Crippen LogP contribution in [0, 0.1) is 0 Å². The maximum absolute atomic E-state index is 6.15. The zero-order chi connectivity index (χ0) is 13.4. The van der Waals surface area contributed by atoms with Crippen molar-refractivity contribution in [3.8, 4) is 0 Å². The minimum absolute atomic E-state index is 0.383. The fourth-order valence-electron chi connectivity index (χ4n) is 2.09. The van der Waals surface area contributed by atoms with Crippen LogP contribution < -0.4 is 5.73 Å². The van der Waals surface area contributed by atoms with E-state index in [1.54, 1.807) is 10.9 Å². The molecule has 0 saturated carbocycles. The van der Waals surface area contributed by atoms with Crippen LogP contribution >= 0.6 is 0 Å². The van der Waals surface area contributed by atoms with Crippen LogP contribution in [0.25, 0.3) is 11.1 Å². The second-order valence-corrected chi connectivity index (χ2v) is 4.63. The van der Waals surface area contributed by atoms with Crippen LogP contribution in [0.2, 0.25) is 0 Å². The highest BCUT2D eigenvalue weighted by molar-refractivity contribution is 5.73. The van der Waals surface area contributed by atoms with Crippen molar-refractivity contribution in [2.75, 3.05) is 0 Å². The molecular formula is C14H16N4O. The molecule has 3 rings (SSSR count). The molecule has 0 aliphatic rings. The summed E-state index contributed by atoms with van der Waals surface area (Å²) in [5, 5.41) is 4.11. The molecule has 19 heavy (non-hydrogen) atoms. The molecule has 0 spiro atoms. The van der Waals surface area contributed by atoms with Gasteiger partial charge in [-0.1, -0.05) is 13.0 Å². The molecule has 0 bridgehead atoms. The number of nitrogens with two attached hydrogens (primary N) is 1. The third-order valence-corrected chi connectivity index (χ3v) is 3.23. The second-order valence-electron chi connectivity index (χ2n) is 4.63. The average molecular weight is 256 g/mol. The number of hydrogen-bond acceptors (Lipinski definition) is 4. The number of oxazole rings is 1. The van der Waals surface area contributed by atoms with Crippen LogP contribution in [0.4, 0.5) is 0 Å². The predicted molar refractivity (Wildman–Crippen MR) is 72.6 cm³/mol. The summed E-state index contributed by atoms with van der Waals surface area (Å²) in [6, 6.07) is 5.65. The van der Waals surface area contributed by atoms with Gasteiger partial charge in [-0.15, -0.1) is 0 Å². The molecule has 0 amide bonds. The van der Waals surface area contributed by atoms with Gasteiger partial charge in [0.05, 0.1) is 6.20 Å². The second kappa shape index (κ2) is 4.51. The topological polar surface area (TPSA) is 69.9 Å². The lowest BCUT2D eigenvalue weighted by molar-refractivity contribution is 0.505. The molecule has 0 radical (unpaired) electrons. The van der Waals surface area contributed by atoms with Gasteiger partial charge >= 0.3 is 0 Å². The lowest BCUT2D eigenvalue weighted by Gasteiger charge is -2.02. The first-order chi connectivity index (χ1) is 9.17. The zero-order valence-electron chi connectivity index (χ0n) is 11.0. The molecule has 0 fully saturated rings. The predicted octanol–water partition coefficient (Wildman–Crippen LogP) is 2.17. The molecule has 1 aromatic carbocycles. The first-order valence-corrected chi connectivity index (χ1v) is 6.31. The fourth-order valence-corrected chi connectivity index (χ4v) is 2.09. The molecule has 5 nitrogen and oxygen atoms in total. The maximum Gasteiger partial charge on any atom is 0.217 e. The van der Waals surface area contributed by atoms with Gasteiger partial charge in [-0.25, -0.2) is 4.98 Å². The third kappa shape index (κ3) is 2.13. The van der Waals surface area contributed by atoms with Crippen LogP contribution in [-0.2, 0) is 13.5 Å². The number of aromatic nitrogens is 3. The monoisotopic (exact) mass is 256 g/mol. The Bertz CT molecular complexity index is 713. The molecule has 1 atom stereocenters. The number of aryl methyl sites for hydroxylation is 2. The molecule has 2 aromatic heterocycles. The number of benzene rings is 1. The largest absolute Gasteiger partial charge is 0.439 e. The van der Waals surface area contributed by atoms with Gasteiger partial charge in [0.2, 0.25) is 5.89 Å². The smallest absolute Gasteiger partial charge is 0.217 e. The van der Waals surface area contributed by atoms with Crippen molar-refractivity contribution in [3.05, 3.63) is 47.6 Å². The quantitative estimate of drug-likeness (QED) is 0.779. The summed E-state index contributed by atoms with van der Waals surface area (Å²) in [5.41, 5.74) is 9.91. The molecular weight excluding hydrogens is 240 g/mol. The van der Waals surface area contributed by atoms with E-state index in [-0.39, 0.29) is 6.04 Å². The lowest BCUT2D eigenvalue weighted by Crippen LogP contribution is -2.11. The Hall–Kier alpha value is -2.14. The van der Waals surface area contributed by atoms with Crippen LogP contribution in [0.1, 0.15) is 30.0 Å². The molecule has 3 aromatic rings. The van der Waals surface area contributed by atoms with Crippen molar-refractivity contribution in [2.24, 2.45) is 12.8 Å². The van der Waals surface area contributed by atoms with Gasteiger partial charge in [0.25, 0.3) is 0 Å². The van der Waals surface area contributed by atoms with E-state index in [4.69, 9.17) is 10.2 Å². The summed E-state index contributed by atoms with van der Waals surface area (Å²) in [4.78, 5) is 4.48. The molecule has 0 aliphatic carbocycles. The van der Waals surface area contributed by atoms with Gasteiger partial charge in [-0.2, -0.15) is 5.10 Å². The first-order valence-electron chi connectivity index (χ1n) is 6.31. The SMILES string of the molecule is CCc1ccc2oc(C(N)c3cnn(C)c3)nc2c1. The van der Waals surface area contributed by atoms with Gasteiger partial charge in [0, 0.05) is 18.8 Å². The summed E-state index contributed by atoms with van der Waals surface area (Å²) >= 11 is 0. The van der Waals surface area contributed by atoms with Crippen molar-refractivity contribution in [3.63, 3.8) is 0 Å². The molecule has 2 heterocycles. The fraction of sp³-hybridized carbons (Fsp3) is 0.286. The summed E-state index contributed by atoms with van der Waals surface area (Å²) in [6.07, 6.45) is 4.58. The van der Waals surface area contributed by atoms with Crippen LogP contribution in [-0.4, -0.2) is 14.8 Å². The first kappa shape index (κ1) is 11.9. The molecule has 0 aliphatic heterocycles. The normalized spacial score (nSPS) is 13.0. The third-order valence-electron chi connectivity index (χ3n) is 3.23. The van der Waals surface area contributed by atoms with E-state index < -0.39 is 0 Å². The van der Waals surface area contributed by atoms with Crippen molar-refractivity contribution in [2.45, 2.75) is 19.4 Å². The van der Waals surface area contributed by atoms with Crippen molar-refractivity contribution >= 4 is 11.1 Å². The van der Waals surface area contributed by atoms with Gasteiger partial charge in [0.15, 0.2) is 5.58 Å². The highest BCUT2D eigenvalue weighted by Gasteiger charge is 2.17. The van der Waals surface area contributed by atoms with E-state index in [0.29, 0.717) is 5.89 Å². The standard InChI is InChI=1S/C14H16N4O/c1-3-9-4-5-12-11(6-9)17-14(19-12)13(15)10-7-16-18(2)8-10/h4-8,13H,3,15H2,1-2H3. The van der Waals surface area contributed by atoms with E-state index >= 15 is 0 Å². The minimum atomic E-state index is -0.383. The van der Waals surface area contributed by atoms with Gasteiger partial charge in [-0.05, 0) is 24.1 Å². The Kier molecular flexibility index (Phi) is 2.83. The average Bonchev–Trinajstić information content (AvgIpc) is 3.02. The number of rotatable bonds is 3. The summed E-state index contributed by atoms with van der Waals surface area (Å²) in [5.74, 6) is 0.524. The number of fused-ring (bicyclic) bond motifs is 1. The molecule has 0 saturated heterocycles. The Labute approximate surface area is 111 Å². The van der Waals surface area contributed by atoms with Gasteiger partial charge in [-0.3, -0.25) is 4.68 Å². The van der Waals surface area contributed by atoms with Crippen molar-refractivity contribution in [1.29, 1.82) is 0 Å². The van der Waals surface area contributed by atoms with E-state index in [0.717, 1.165) is 23.1 Å². The Morgan fingerprint density at radius 1 is 1.42 bits per heavy atom. The van der Waals surface area contributed by atoms with E-state index in [9.17, 15) is 0 Å². The number of nitrogens with zero attached hydrogens (tertiary/aromatic N) is 3. The van der Waals surface area contributed by atoms with Crippen LogP contribution in [0.5, 0.6) is 0 Å². The lowest BCUT2D eigenvalue weighted by atomic mass is 10.1. The summed E-state index contributed by atoms with van der Waals surface area (Å²) < 4.78 is 7.44. The molecule has 2 N–H and O–H groups in total. The summed E-state index contributed by atoms with van der Waals surface area (Å²) in [7, 11) is 1.86. The highest BCUT2D eigenvalue weighted by atomic mass is 16.3. The van der Waals surface area contributed by atoms with Crippen molar-refractivity contribution < 1.29 is 4.42 Å². The summed E-state index contributed by atoms with van der Waals surface area (Å²) in [6.45, 7) is 2.11. The van der Waals surface area contributed by atoms with Crippen LogP contribution in [0.3, 0.4) is 0 Å². The van der Waals surface area contributed by atoms with Gasteiger partial charge in [0.1, 0.15) is 11.6 Å². The number of hydrogen-bond donors (Lipinski definition) is 1. The Morgan fingerprint density at radius 3 is 2.95 bits per heavy atom. The van der Waals surface area contributed by atoms with E-state index in [2.05, 4.69) is 17.0 Å². The Morgan fingerprint density at radius 2 is 2.26 bits per heavy atom. The van der Waals surface area contributed by atoms with Gasteiger partial charge < -0.3 is 10.2 Å². The maximum atomic E-state index is 6.15. The van der Waals surface area contributed by atoms with E-state index in [1.165, 1.54) is 5.56 Å². The Balaban J connectivity index is 2.00. The minimum Gasteiger partial charge on any atom is -0.439 e. The molecule has 5 heteroatoms. The zero-order valence-corrected chi connectivity index (χ0v) is 11.0. The molecule has 1 unspecified atom stereocenters. The van der Waals surface area contributed by atoms with Crippen LogP contribution in [0.15, 0.2) is 35.0 Å².